The molecule has 0 saturated heterocycles. The fourth-order valence-corrected chi connectivity index (χ4v) is 3.17. The van der Waals surface area contributed by atoms with E-state index in [1.807, 2.05) is 30.0 Å². The summed E-state index contributed by atoms with van der Waals surface area (Å²) in [7, 11) is 0. The number of hydrogen-bond acceptors (Lipinski definition) is 2. The molecule has 0 aliphatic rings. The minimum atomic E-state index is 0.0928. The van der Waals surface area contributed by atoms with Gasteiger partial charge < -0.3 is 5.73 Å². The van der Waals surface area contributed by atoms with E-state index in [1.165, 1.54) is 16.7 Å². The highest BCUT2D eigenvalue weighted by molar-refractivity contribution is 7.99. The van der Waals surface area contributed by atoms with Gasteiger partial charge >= 0.3 is 0 Å². The van der Waals surface area contributed by atoms with Crippen LogP contribution in [0.5, 0.6) is 0 Å². The van der Waals surface area contributed by atoms with Crippen molar-refractivity contribution in [2.24, 2.45) is 5.73 Å². The van der Waals surface area contributed by atoms with Crippen LogP contribution in [-0.2, 0) is 5.75 Å². The van der Waals surface area contributed by atoms with Crippen molar-refractivity contribution in [3.05, 3.63) is 71.3 Å². The zero-order chi connectivity index (χ0) is 13.7. The van der Waals surface area contributed by atoms with Crippen LogP contribution in [0.3, 0.4) is 0 Å². The molecule has 2 heteroatoms. The number of nitrogens with two attached hydrogens (primary N) is 1. The lowest BCUT2D eigenvalue weighted by Gasteiger charge is -2.20. The molecule has 0 aliphatic heterocycles. The van der Waals surface area contributed by atoms with E-state index >= 15 is 0 Å². The molecule has 0 heterocycles. The Morgan fingerprint density at radius 3 is 2.32 bits per heavy atom. The van der Waals surface area contributed by atoms with Gasteiger partial charge in [0.25, 0.3) is 0 Å². The van der Waals surface area contributed by atoms with Crippen molar-refractivity contribution in [2.45, 2.75) is 30.9 Å². The van der Waals surface area contributed by atoms with Crippen molar-refractivity contribution in [3.63, 3.8) is 0 Å². The van der Waals surface area contributed by atoms with Gasteiger partial charge in [0.15, 0.2) is 0 Å². The van der Waals surface area contributed by atoms with E-state index in [2.05, 4.69) is 50.2 Å². The molecule has 0 radical (unpaired) electrons. The lowest BCUT2D eigenvalue weighted by molar-refractivity contribution is 0.715. The van der Waals surface area contributed by atoms with Gasteiger partial charge in [-0.3, -0.25) is 0 Å². The lowest BCUT2D eigenvalue weighted by Crippen LogP contribution is -2.21. The van der Waals surface area contributed by atoms with Crippen LogP contribution in [0.25, 0.3) is 0 Å². The highest BCUT2D eigenvalue weighted by atomic mass is 32.2. The molecular formula is C17H21NS. The van der Waals surface area contributed by atoms with E-state index in [-0.39, 0.29) is 6.04 Å². The van der Waals surface area contributed by atoms with Gasteiger partial charge in [-0.2, -0.15) is 11.8 Å². The molecule has 0 bridgehead atoms. The second kappa shape index (κ2) is 6.78. The van der Waals surface area contributed by atoms with E-state index in [9.17, 15) is 0 Å². The number of rotatable bonds is 5. The van der Waals surface area contributed by atoms with Crippen LogP contribution in [0.15, 0.2) is 54.6 Å². The molecule has 2 rings (SSSR count). The van der Waals surface area contributed by atoms with Gasteiger partial charge in [-0.1, -0.05) is 61.5 Å². The maximum Gasteiger partial charge on any atom is 0.0412 e. The Morgan fingerprint density at radius 2 is 1.63 bits per heavy atom. The van der Waals surface area contributed by atoms with Crippen LogP contribution in [-0.4, -0.2) is 5.25 Å². The molecule has 100 valence electrons. The SMILES string of the molecule is Cc1ccccc1CSC(C)C(N)c1ccccc1. The summed E-state index contributed by atoms with van der Waals surface area (Å²) in [5.41, 5.74) is 10.3. The van der Waals surface area contributed by atoms with Crippen LogP contribution < -0.4 is 5.73 Å². The Kier molecular flexibility index (Phi) is 5.06. The Labute approximate surface area is 120 Å². The maximum absolute atomic E-state index is 6.32. The molecule has 19 heavy (non-hydrogen) atoms. The number of aryl methyl sites for hydroxylation is 1. The van der Waals surface area contributed by atoms with E-state index in [1.54, 1.807) is 0 Å². The molecule has 1 nitrogen and oxygen atoms in total. The molecule has 0 aliphatic carbocycles. The first-order valence-corrected chi connectivity index (χ1v) is 7.70. The molecule has 2 aromatic carbocycles. The summed E-state index contributed by atoms with van der Waals surface area (Å²) < 4.78 is 0. The Hall–Kier alpha value is -1.25. The predicted molar refractivity (Wildman–Crippen MR) is 85.3 cm³/mol. The second-order valence-electron chi connectivity index (χ2n) is 4.88. The smallest absolute Gasteiger partial charge is 0.0412 e. The zero-order valence-electron chi connectivity index (χ0n) is 11.5. The summed E-state index contributed by atoms with van der Waals surface area (Å²) >= 11 is 1.92. The van der Waals surface area contributed by atoms with Gasteiger partial charge in [-0.05, 0) is 23.6 Å². The maximum atomic E-state index is 6.32. The average Bonchev–Trinajstić information content (AvgIpc) is 2.46. The predicted octanol–water partition coefficient (Wildman–Crippen LogP) is 4.32. The molecule has 0 saturated carbocycles. The van der Waals surface area contributed by atoms with Crippen molar-refractivity contribution < 1.29 is 0 Å². The molecule has 2 unspecified atom stereocenters. The summed E-state index contributed by atoms with van der Waals surface area (Å²) in [4.78, 5) is 0. The van der Waals surface area contributed by atoms with Crippen molar-refractivity contribution in [1.29, 1.82) is 0 Å². The van der Waals surface area contributed by atoms with Gasteiger partial charge in [0.2, 0.25) is 0 Å². The minimum absolute atomic E-state index is 0.0928. The molecule has 0 spiro atoms. The first-order valence-electron chi connectivity index (χ1n) is 6.65. The monoisotopic (exact) mass is 271 g/mol. The lowest BCUT2D eigenvalue weighted by atomic mass is 10.1. The average molecular weight is 271 g/mol. The first kappa shape index (κ1) is 14.2. The Morgan fingerprint density at radius 1 is 1.00 bits per heavy atom. The second-order valence-corrected chi connectivity index (χ2v) is 6.24. The molecule has 2 N–H and O–H groups in total. The standard InChI is InChI=1S/C17H21NS/c1-13-8-6-7-11-16(13)12-19-14(2)17(18)15-9-4-3-5-10-15/h3-11,14,17H,12,18H2,1-2H3. The molecule has 0 amide bonds. The minimum Gasteiger partial charge on any atom is -0.323 e. The van der Waals surface area contributed by atoms with Crippen molar-refractivity contribution >= 4 is 11.8 Å². The van der Waals surface area contributed by atoms with Crippen LogP contribution in [0.2, 0.25) is 0 Å². The van der Waals surface area contributed by atoms with E-state index in [4.69, 9.17) is 5.73 Å². The van der Waals surface area contributed by atoms with Crippen molar-refractivity contribution in [2.75, 3.05) is 0 Å². The van der Waals surface area contributed by atoms with Gasteiger partial charge in [0.1, 0.15) is 0 Å². The summed E-state index contributed by atoms with van der Waals surface area (Å²) in [5.74, 6) is 1.02. The topological polar surface area (TPSA) is 26.0 Å². The van der Waals surface area contributed by atoms with Crippen LogP contribution >= 0.6 is 11.8 Å². The van der Waals surface area contributed by atoms with Gasteiger partial charge in [0.05, 0.1) is 0 Å². The Balaban J connectivity index is 1.95. The van der Waals surface area contributed by atoms with Gasteiger partial charge in [-0.25, -0.2) is 0 Å². The van der Waals surface area contributed by atoms with Crippen molar-refractivity contribution in [1.82, 2.24) is 0 Å². The van der Waals surface area contributed by atoms with Gasteiger partial charge in [0, 0.05) is 17.0 Å². The van der Waals surface area contributed by atoms with Crippen LogP contribution in [0.4, 0.5) is 0 Å². The molecule has 2 atom stereocenters. The molecular weight excluding hydrogens is 250 g/mol. The van der Waals surface area contributed by atoms with E-state index in [0.29, 0.717) is 5.25 Å². The quantitative estimate of drug-likeness (QED) is 0.876. The summed E-state index contributed by atoms with van der Waals surface area (Å²) in [6.07, 6.45) is 0. The molecule has 0 aromatic heterocycles. The summed E-state index contributed by atoms with van der Waals surface area (Å²) in [6.45, 7) is 4.37. The molecule has 2 aromatic rings. The number of hydrogen-bond donors (Lipinski definition) is 1. The van der Waals surface area contributed by atoms with Crippen LogP contribution in [0, 0.1) is 6.92 Å². The van der Waals surface area contributed by atoms with Crippen molar-refractivity contribution in [3.8, 4) is 0 Å². The summed E-state index contributed by atoms with van der Waals surface area (Å²) in [5, 5.41) is 0.405. The largest absolute Gasteiger partial charge is 0.323 e. The summed E-state index contributed by atoms with van der Waals surface area (Å²) in [6, 6.07) is 19.0. The first-order chi connectivity index (χ1) is 9.18. The number of thioether (sulfide) groups is 1. The fraction of sp³-hybridized carbons (Fsp3) is 0.294. The highest BCUT2D eigenvalue weighted by Crippen LogP contribution is 2.27. The normalized spacial score (nSPS) is 14.1. The van der Waals surface area contributed by atoms with Crippen LogP contribution in [0.1, 0.15) is 29.7 Å². The third-order valence-electron chi connectivity index (χ3n) is 3.45. The molecule has 0 fully saturated rings. The number of benzene rings is 2. The Bertz CT molecular complexity index is 510. The highest BCUT2D eigenvalue weighted by Gasteiger charge is 2.15. The zero-order valence-corrected chi connectivity index (χ0v) is 12.4. The van der Waals surface area contributed by atoms with Gasteiger partial charge in [-0.15, -0.1) is 0 Å². The van der Waals surface area contributed by atoms with E-state index < -0.39 is 0 Å². The third kappa shape index (κ3) is 3.85. The van der Waals surface area contributed by atoms with E-state index in [0.717, 1.165) is 5.75 Å². The third-order valence-corrected chi connectivity index (χ3v) is 4.75. The fourth-order valence-electron chi connectivity index (χ4n) is 2.04.